The average molecular weight is 296 g/mol. The molecule has 5 nitrogen and oxygen atoms in total. The third-order valence-corrected chi connectivity index (χ3v) is 3.08. The number of hydrogen-bond acceptors (Lipinski definition) is 3. The van der Waals surface area contributed by atoms with Crippen LogP contribution in [0, 0.1) is 0 Å². The van der Waals surface area contributed by atoms with E-state index in [2.05, 4.69) is 5.10 Å². The number of carboxylic acid groups (broad SMARTS) is 1. The Morgan fingerprint density at radius 3 is 2.52 bits per heavy atom. The quantitative estimate of drug-likeness (QED) is 0.942. The Morgan fingerprint density at radius 1 is 1.38 bits per heavy atom. The van der Waals surface area contributed by atoms with E-state index in [4.69, 9.17) is 9.84 Å². The molecule has 1 N–H and O–H groups in total. The van der Waals surface area contributed by atoms with Gasteiger partial charge in [-0.3, -0.25) is 4.68 Å². The molecule has 0 saturated carbocycles. The van der Waals surface area contributed by atoms with E-state index in [0.29, 0.717) is 17.0 Å². The first kappa shape index (κ1) is 15.0. The van der Waals surface area contributed by atoms with E-state index in [9.17, 15) is 13.6 Å². The number of aryl methyl sites for hydroxylation is 1. The zero-order valence-electron chi connectivity index (χ0n) is 11.7. The number of aromatic carboxylic acids is 1. The van der Waals surface area contributed by atoms with Crippen LogP contribution < -0.4 is 4.74 Å². The van der Waals surface area contributed by atoms with Gasteiger partial charge in [-0.25, -0.2) is 13.6 Å². The topological polar surface area (TPSA) is 64.3 Å². The maximum Gasteiger partial charge on any atom is 0.356 e. The Balaban J connectivity index is 2.64. The van der Waals surface area contributed by atoms with Gasteiger partial charge in [-0.15, -0.1) is 0 Å². The number of hydrogen-bond donors (Lipinski definition) is 1. The Labute approximate surface area is 119 Å². The first-order valence-electron chi connectivity index (χ1n) is 6.08. The van der Waals surface area contributed by atoms with E-state index in [0.717, 1.165) is 6.92 Å². The van der Waals surface area contributed by atoms with E-state index in [1.807, 2.05) is 0 Å². The van der Waals surface area contributed by atoms with Crippen LogP contribution >= 0.6 is 0 Å². The van der Waals surface area contributed by atoms with E-state index in [-0.39, 0.29) is 11.3 Å². The second kappa shape index (κ2) is 5.16. The van der Waals surface area contributed by atoms with Crippen molar-refractivity contribution in [2.45, 2.75) is 12.8 Å². The molecule has 0 unspecified atom stereocenters. The molecular weight excluding hydrogens is 282 g/mol. The lowest BCUT2D eigenvalue weighted by Gasteiger charge is -2.15. The van der Waals surface area contributed by atoms with Crippen molar-refractivity contribution in [2.75, 3.05) is 7.11 Å². The second-order valence-corrected chi connectivity index (χ2v) is 4.65. The molecule has 0 bridgehead atoms. The molecule has 0 aliphatic heterocycles. The third-order valence-electron chi connectivity index (χ3n) is 3.08. The molecule has 1 aromatic carbocycles. The summed E-state index contributed by atoms with van der Waals surface area (Å²) in [5.41, 5.74) is 0.397. The smallest absolute Gasteiger partial charge is 0.356 e. The van der Waals surface area contributed by atoms with Crippen LogP contribution in [-0.2, 0) is 13.0 Å². The average Bonchev–Trinajstić information content (AvgIpc) is 2.79. The van der Waals surface area contributed by atoms with Gasteiger partial charge in [0.05, 0.1) is 12.8 Å². The van der Waals surface area contributed by atoms with Crippen molar-refractivity contribution in [1.29, 1.82) is 0 Å². The predicted molar refractivity (Wildman–Crippen MR) is 71.7 cm³/mol. The summed E-state index contributed by atoms with van der Waals surface area (Å²) in [6.07, 6.45) is 0. The minimum absolute atomic E-state index is 0.164. The molecule has 0 amide bonds. The number of carbonyl (C=O) groups is 1. The third kappa shape index (κ3) is 2.86. The predicted octanol–water partition coefficient (Wildman–Crippen LogP) is 2.91. The van der Waals surface area contributed by atoms with Gasteiger partial charge in [-0.1, -0.05) is 0 Å². The van der Waals surface area contributed by atoms with Crippen LogP contribution in [0.25, 0.3) is 11.3 Å². The highest BCUT2D eigenvalue weighted by Gasteiger charge is 2.26. The van der Waals surface area contributed by atoms with E-state index in [1.165, 1.54) is 43.1 Å². The molecule has 1 heterocycles. The van der Waals surface area contributed by atoms with Crippen molar-refractivity contribution < 1.29 is 23.4 Å². The molecule has 0 aliphatic rings. The first-order chi connectivity index (χ1) is 9.74. The van der Waals surface area contributed by atoms with Gasteiger partial charge >= 0.3 is 5.97 Å². The molecule has 2 aromatic rings. The fraction of sp³-hybridized carbons (Fsp3) is 0.286. The summed E-state index contributed by atoms with van der Waals surface area (Å²) < 4.78 is 33.4. The lowest BCUT2D eigenvalue weighted by molar-refractivity contribution is 0.0174. The van der Waals surface area contributed by atoms with Crippen molar-refractivity contribution in [2.24, 2.45) is 7.05 Å². The van der Waals surface area contributed by atoms with Crippen LogP contribution in [0.3, 0.4) is 0 Å². The Morgan fingerprint density at radius 2 is 2.05 bits per heavy atom. The van der Waals surface area contributed by atoms with E-state index in [1.54, 1.807) is 0 Å². The normalized spacial score (nSPS) is 11.5. The Kier molecular flexibility index (Phi) is 3.67. The molecule has 112 valence electrons. The van der Waals surface area contributed by atoms with Crippen LogP contribution in [0.4, 0.5) is 8.78 Å². The van der Waals surface area contributed by atoms with Crippen molar-refractivity contribution >= 4 is 5.97 Å². The second-order valence-electron chi connectivity index (χ2n) is 4.65. The van der Waals surface area contributed by atoms with Crippen LogP contribution in [0.5, 0.6) is 5.75 Å². The zero-order valence-corrected chi connectivity index (χ0v) is 11.7. The summed E-state index contributed by atoms with van der Waals surface area (Å²) in [6.45, 7) is 0.796. The largest absolute Gasteiger partial charge is 0.496 e. The van der Waals surface area contributed by atoms with Gasteiger partial charge in [0.2, 0.25) is 0 Å². The number of alkyl halides is 2. The lowest BCUT2D eigenvalue weighted by atomic mass is 10.0. The number of methoxy groups -OCH3 is 1. The molecule has 0 saturated heterocycles. The van der Waals surface area contributed by atoms with Crippen molar-refractivity contribution in [1.82, 2.24) is 9.78 Å². The van der Waals surface area contributed by atoms with Crippen molar-refractivity contribution in [3.05, 3.63) is 35.5 Å². The fourth-order valence-electron chi connectivity index (χ4n) is 2.01. The Hall–Kier alpha value is -2.44. The highest BCUT2D eigenvalue weighted by atomic mass is 19.3. The van der Waals surface area contributed by atoms with Gasteiger partial charge < -0.3 is 9.84 Å². The number of rotatable bonds is 4. The highest BCUT2D eigenvalue weighted by Crippen LogP contribution is 2.36. The summed E-state index contributed by atoms with van der Waals surface area (Å²) in [6, 6.07) is 5.30. The summed E-state index contributed by atoms with van der Waals surface area (Å²) in [7, 11) is 2.95. The van der Waals surface area contributed by atoms with Gasteiger partial charge in [0, 0.05) is 25.1 Å². The number of ether oxygens (including phenoxy) is 1. The molecule has 2 rings (SSSR count). The molecule has 0 spiro atoms. The molecule has 1 aromatic heterocycles. The molecule has 21 heavy (non-hydrogen) atoms. The van der Waals surface area contributed by atoms with Gasteiger partial charge in [0.1, 0.15) is 5.75 Å². The molecular formula is C14H14F2N2O3. The summed E-state index contributed by atoms with van der Waals surface area (Å²) >= 11 is 0. The van der Waals surface area contributed by atoms with Crippen LogP contribution in [0.2, 0.25) is 0 Å². The number of benzene rings is 1. The van der Waals surface area contributed by atoms with Gasteiger partial charge in [-0.2, -0.15) is 5.10 Å². The minimum atomic E-state index is -3.00. The number of halogens is 2. The number of aromatic nitrogens is 2. The van der Waals surface area contributed by atoms with Crippen molar-refractivity contribution in [3.8, 4) is 17.0 Å². The lowest BCUT2D eigenvalue weighted by Crippen LogP contribution is -2.07. The van der Waals surface area contributed by atoms with Crippen LogP contribution in [0.15, 0.2) is 24.3 Å². The minimum Gasteiger partial charge on any atom is -0.496 e. The first-order valence-corrected chi connectivity index (χ1v) is 6.08. The molecule has 0 radical (unpaired) electrons. The monoisotopic (exact) mass is 296 g/mol. The van der Waals surface area contributed by atoms with Crippen LogP contribution in [-0.4, -0.2) is 28.0 Å². The molecule has 7 heteroatoms. The standard InChI is InChI=1S/C14H14F2N2O3/c1-14(15,16)8-4-5-12(21-3)9(6-8)11-7-10(13(19)20)17-18(11)2/h4-7H,1-3H3,(H,19,20). The fourth-order valence-corrected chi connectivity index (χ4v) is 2.01. The maximum atomic E-state index is 13.5. The summed E-state index contributed by atoms with van der Waals surface area (Å²) in [4.78, 5) is 11.0. The summed E-state index contributed by atoms with van der Waals surface area (Å²) in [5.74, 6) is -3.83. The van der Waals surface area contributed by atoms with Gasteiger partial charge in [0.25, 0.3) is 5.92 Å². The molecule has 0 aliphatic carbocycles. The highest BCUT2D eigenvalue weighted by molar-refractivity contribution is 5.87. The zero-order chi connectivity index (χ0) is 15.8. The van der Waals surface area contributed by atoms with Crippen molar-refractivity contribution in [3.63, 3.8) is 0 Å². The molecule has 0 fully saturated rings. The molecule has 0 atom stereocenters. The van der Waals surface area contributed by atoms with Gasteiger partial charge in [0.15, 0.2) is 5.69 Å². The van der Waals surface area contributed by atoms with E-state index >= 15 is 0 Å². The SMILES string of the molecule is COc1ccc(C(C)(F)F)cc1-c1cc(C(=O)O)nn1C. The van der Waals surface area contributed by atoms with Gasteiger partial charge in [-0.05, 0) is 24.3 Å². The maximum absolute atomic E-state index is 13.5. The Bertz CT molecular complexity index is 690. The number of carboxylic acids is 1. The van der Waals surface area contributed by atoms with Crippen LogP contribution in [0.1, 0.15) is 23.0 Å². The number of nitrogens with zero attached hydrogens (tertiary/aromatic N) is 2. The summed E-state index contributed by atoms with van der Waals surface area (Å²) in [5, 5.41) is 12.8. The van der Waals surface area contributed by atoms with E-state index < -0.39 is 11.9 Å².